The minimum absolute atomic E-state index is 0.174. The molecule has 2 saturated heterocycles. The average Bonchev–Trinajstić information content (AvgIpc) is 3.14. The number of carbonyl (C=O) groups excluding carboxylic acids is 1. The highest BCUT2D eigenvalue weighted by Crippen LogP contribution is 2.26. The van der Waals surface area contributed by atoms with E-state index in [1.54, 1.807) is 24.3 Å². The Bertz CT molecular complexity index is 540. The molecule has 0 spiro atoms. The van der Waals surface area contributed by atoms with E-state index in [0.717, 1.165) is 0 Å². The van der Waals surface area contributed by atoms with Crippen LogP contribution in [-0.4, -0.2) is 56.1 Å². The summed E-state index contributed by atoms with van der Waals surface area (Å²) in [5.41, 5.74) is 0.715. The van der Waals surface area contributed by atoms with Gasteiger partial charge in [-0.2, -0.15) is 0 Å². The number of aliphatic hydroxyl groups excluding tert-OH is 1. The largest absolute Gasteiger partial charge is 0.493 e. The molecule has 2 fully saturated rings. The van der Waals surface area contributed by atoms with Crippen LogP contribution in [0.2, 0.25) is 0 Å². The average molecular weight is 323 g/mol. The second-order valence-electron chi connectivity index (χ2n) is 5.72. The van der Waals surface area contributed by atoms with Crippen molar-refractivity contribution in [3.8, 4) is 5.75 Å². The molecule has 0 bridgehead atoms. The molecular formula is C16H21NO6. The van der Waals surface area contributed by atoms with E-state index in [9.17, 15) is 4.79 Å². The Balaban J connectivity index is 1.52. The quantitative estimate of drug-likeness (QED) is 0.855. The molecule has 3 rings (SSSR count). The highest BCUT2D eigenvalue weighted by Gasteiger charge is 2.32. The van der Waals surface area contributed by atoms with Crippen LogP contribution in [0.15, 0.2) is 24.3 Å². The number of cyclic esters (lactones) is 1. The topological polar surface area (TPSA) is 77.5 Å². The zero-order valence-corrected chi connectivity index (χ0v) is 13.1. The van der Waals surface area contributed by atoms with Crippen LogP contribution in [0.1, 0.15) is 13.3 Å². The summed E-state index contributed by atoms with van der Waals surface area (Å²) in [5.74, 6) is 0.153. The minimum atomic E-state index is -0.557. The summed E-state index contributed by atoms with van der Waals surface area (Å²) >= 11 is 0. The van der Waals surface area contributed by atoms with Gasteiger partial charge in [0.2, 0.25) is 0 Å². The summed E-state index contributed by atoms with van der Waals surface area (Å²) in [7, 11) is 0. The van der Waals surface area contributed by atoms with Crippen molar-refractivity contribution in [1.82, 2.24) is 0 Å². The van der Waals surface area contributed by atoms with E-state index in [1.807, 2.05) is 6.92 Å². The summed E-state index contributed by atoms with van der Waals surface area (Å²) < 4.78 is 21.7. The highest BCUT2D eigenvalue weighted by molar-refractivity contribution is 5.89. The first kappa shape index (κ1) is 16.0. The Labute approximate surface area is 134 Å². The third-order valence-corrected chi connectivity index (χ3v) is 3.95. The van der Waals surface area contributed by atoms with Gasteiger partial charge in [-0.25, -0.2) is 4.79 Å². The molecule has 1 aromatic carbocycles. The molecule has 23 heavy (non-hydrogen) atoms. The van der Waals surface area contributed by atoms with Gasteiger partial charge in [-0.05, 0) is 31.2 Å². The fraction of sp³-hybridized carbons (Fsp3) is 0.562. The van der Waals surface area contributed by atoms with Crippen LogP contribution in [0.3, 0.4) is 0 Å². The molecule has 1 aromatic rings. The predicted molar refractivity (Wildman–Crippen MR) is 81.6 cm³/mol. The number of carbonyl (C=O) groups is 1. The van der Waals surface area contributed by atoms with Gasteiger partial charge >= 0.3 is 6.09 Å². The molecule has 0 saturated carbocycles. The van der Waals surface area contributed by atoms with Crippen molar-refractivity contribution in [1.29, 1.82) is 0 Å². The van der Waals surface area contributed by atoms with Crippen molar-refractivity contribution in [2.24, 2.45) is 0 Å². The maximum Gasteiger partial charge on any atom is 0.414 e. The number of hydrogen-bond acceptors (Lipinski definition) is 6. The lowest BCUT2D eigenvalue weighted by Gasteiger charge is -2.22. The van der Waals surface area contributed by atoms with Gasteiger partial charge in [0, 0.05) is 12.1 Å². The lowest BCUT2D eigenvalue weighted by atomic mass is 10.2. The molecular weight excluding hydrogens is 302 g/mol. The van der Waals surface area contributed by atoms with Crippen LogP contribution in [0.4, 0.5) is 10.5 Å². The monoisotopic (exact) mass is 323 g/mol. The lowest BCUT2D eigenvalue weighted by Crippen LogP contribution is -2.28. The number of anilines is 1. The number of amides is 1. The normalized spacial score (nSPS) is 23.1. The van der Waals surface area contributed by atoms with E-state index in [1.165, 1.54) is 4.90 Å². The summed E-state index contributed by atoms with van der Waals surface area (Å²) in [6, 6.07) is 7.18. The van der Waals surface area contributed by atoms with Gasteiger partial charge in [-0.3, -0.25) is 4.90 Å². The number of aliphatic hydroxyl groups is 1. The van der Waals surface area contributed by atoms with E-state index in [0.29, 0.717) is 44.2 Å². The SMILES string of the molecule is CC1(CCOc2ccc(N3C[C@H](CO)OC3=O)cc2)OCCO1. The second-order valence-corrected chi connectivity index (χ2v) is 5.72. The third kappa shape index (κ3) is 3.74. The third-order valence-electron chi connectivity index (χ3n) is 3.95. The molecule has 0 radical (unpaired) electrons. The Morgan fingerprint density at radius 3 is 2.61 bits per heavy atom. The summed E-state index contributed by atoms with van der Waals surface area (Å²) in [6.07, 6.45) is -0.266. The van der Waals surface area contributed by atoms with Gasteiger partial charge in [0.05, 0.1) is 33.0 Å². The molecule has 0 unspecified atom stereocenters. The van der Waals surface area contributed by atoms with Gasteiger partial charge in [0.25, 0.3) is 0 Å². The first-order chi connectivity index (χ1) is 11.1. The smallest absolute Gasteiger partial charge is 0.414 e. The van der Waals surface area contributed by atoms with Crippen molar-refractivity contribution < 1.29 is 28.8 Å². The molecule has 2 aliphatic rings. The molecule has 1 amide bonds. The number of benzene rings is 1. The Kier molecular flexibility index (Phi) is 4.70. The Hall–Kier alpha value is -1.83. The molecule has 1 N–H and O–H groups in total. The molecule has 7 heteroatoms. The lowest BCUT2D eigenvalue weighted by molar-refractivity contribution is -0.150. The predicted octanol–water partition coefficient (Wildman–Crippen LogP) is 1.54. The first-order valence-electron chi connectivity index (χ1n) is 7.69. The van der Waals surface area contributed by atoms with E-state index in [-0.39, 0.29) is 6.61 Å². The van der Waals surface area contributed by atoms with Crippen molar-refractivity contribution in [2.45, 2.75) is 25.2 Å². The molecule has 2 heterocycles. The summed E-state index contributed by atoms with van der Waals surface area (Å²) in [6.45, 7) is 3.80. The maximum absolute atomic E-state index is 11.7. The van der Waals surface area contributed by atoms with Gasteiger partial charge in [0.15, 0.2) is 5.79 Å². The van der Waals surface area contributed by atoms with Crippen LogP contribution in [-0.2, 0) is 14.2 Å². The summed E-state index contributed by atoms with van der Waals surface area (Å²) in [5, 5.41) is 9.06. The van der Waals surface area contributed by atoms with Crippen molar-refractivity contribution in [2.75, 3.05) is 37.9 Å². The van der Waals surface area contributed by atoms with E-state index in [2.05, 4.69) is 0 Å². The number of nitrogens with zero attached hydrogens (tertiary/aromatic N) is 1. The number of rotatable bonds is 6. The van der Waals surface area contributed by atoms with E-state index in [4.69, 9.17) is 24.1 Å². The van der Waals surface area contributed by atoms with Gasteiger partial charge in [-0.15, -0.1) is 0 Å². The van der Waals surface area contributed by atoms with Gasteiger partial charge < -0.3 is 24.1 Å². The minimum Gasteiger partial charge on any atom is -0.493 e. The standard InChI is InChI=1S/C16H21NO6/c1-16(21-8-9-22-16)6-7-20-13-4-2-12(3-5-13)17-10-14(11-18)23-15(17)19/h2-5,14,18H,6-11H2,1H3/t14-/m1/s1. The highest BCUT2D eigenvalue weighted by atomic mass is 16.7. The molecule has 2 aliphatic heterocycles. The van der Waals surface area contributed by atoms with Crippen molar-refractivity contribution in [3.05, 3.63) is 24.3 Å². The van der Waals surface area contributed by atoms with Gasteiger partial charge in [0.1, 0.15) is 11.9 Å². The van der Waals surface area contributed by atoms with Crippen LogP contribution in [0.25, 0.3) is 0 Å². The zero-order valence-electron chi connectivity index (χ0n) is 13.1. The van der Waals surface area contributed by atoms with E-state index >= 15 is 0 Å². The number of ether oxygens (including phenoxy) is 4. The zero-order chi connectivity index (χ0) is 16.3. The van der Waals surface area contributed by atoms with Crippen LogP contribution in [0.5, 0.6) is 5.75 Å². The van der Waals surface area contributed by atoms with Crippen LogP contribution >= 0.6 is 0 Å². The first-order valence-corrected chi connectivity index (χ1v) is 7.69. The fourth-order valence-corrected chi connectivity index (χ4v) is 2.61. The summed E-state index contributed by atoms with van der Waals surface area (Å²) in [4.78, 5) is 13.2. The van der Waals surface area contributed by atoms with Crippen molar-refractivity contribution >= 4 is 11.8 Å². The fourth-order valence-electron chi connectivity index (χ4n) is 2.61. The Morgan fingerprint density at radius 2 is 2.00 bits per heavy atom. The number of hydrogen-bond donors (Lipinski definition) is 1. The van der Waals surface area contributed by atoms with Gasteiger partial charge in [-0.1, -0.05) is 0 Å². The van der Waals surface area contributed by atoms with Crippen LogP contribution in [0, 0.1) is 0 Å². The second kappa shape index (κ2) is 6.74. The molecule has 0 aliphatic carbocycles. The molecule has 7 nitrogen and oxygen atoms in total. The Morgan fingerprint density at radius 1 is 1.30 bits per heavy atom. The van der Waals surface area contributed by atoms with Crippen LogP contribution < -0.4 is 9.64 Å². The molecule has 1 atom stereocenters. The van der Waals surface area contributed by atoms with E-state index < -0.39 is 18.0 Å². The molecule has 0 aromatic heterocycles. The maximum atomic E-state index is 11.7. The molecule has 126 valence electrons. The van der Waals surface area contributed by atoms with Crippen molar-refractivity contribution in [3.63, 3.8) is 0 Å².